The molecule has 1 saturated heterocycles. The Labute approximate surface area is 173 Å². The zero-order valence-electron chi connectivity index (χ0n) is 16.4. The number of ether oxygens (including phenoxy) is 1. The number of benzene rings is 1. The van der Waals surface area contributed by atoms with E-state index >= 15 is 0 Å². The van der Waals surface area contributed by atoms with Gasteiger partial charge in [0.05, 0.1) is 6.61 Å². The van der Waals surface area contributed by atoms with Crippen LogP contribution in [0.25, 0.3) is 0 Å². The molecule has 2 aliphatic rings. The van der Waals surface area contributed by atoms with E-state index in [0.717, 1.165) is 38.2 Å². The lowest BCUT2D eigenvalue weighted by Gasteiger charge is -2.35. The van der Waals surface area contributed by atoms with Gasteiger partial charge in [0.25, 0.3) is 0 Å². The fraction of sp³-hybridized carbons (Fsp3) is 0.478. The molecule has 27 heavy (non-hydrogen) atoms. The highest BCUT2D eigenvalue weighted by Gasteiger charge is 2.35. The number of hydrogen-bond acceptors (Lipinski definition) is 3. The fourth-order valence-electron chi connectivity index (χ4n) is 4.44. The maximum Gasteiger partial charge on any atom is 0.119 e. The summed E-state index contributed by atoms with van der Waals surface area (Å²) in [4.78, 5) is 3.94. The van der Waals surface area contributed by atoms with Crippen molar-refractivity contribution in [1.29, 1.82) is 0 Å². The Kier molecular flexibility index (Phi) is 7.13. The largest absolute Gasteiger partial charge is 0.493 e. The van der Waals surface area contributed by atoms with E-state index in [1.54, 1.807) is 11.8 Å². The van der Waals surface area contributed by atoms with Gasteiger partial charge in [-0.1, -0.05) is 30.8 Å². The molecule has 0 amide bonds. The van der Waals surface area contributed by atoms with E-state index in [1.165, 1.54) is 22.5 Å². The van der Waals surface area contributed by atoms with Gasteiger partial charge in [-0.05, 0) is 74.3 Å². The van der Waals surface area contributed by atoms with Crippen LogP contribution in [0.1, 0.15) is 32.6 Å². The van der Waals surface area contributed by atoms with Gasteiger partial charge in [0.15, 0.2) is 0 Å². The molecular formula is C23H30ClNOS. The SMILES string of the molecule is C=CC1=C(C(=C)Cl)CCC(N2CC(COc3ccc(SC)cc3)CC2C)C1. The zero-order valence-corrected chi connectivity index (χ0v) is 18.0. The first kappa shape index (κ1) is 20.6. The number of halogens is 1. The van der Waals surface area contributed by atoms with Crippen molar-refractivity contribution < 1.29 is 4.74 Å². The maximum atomic E-state index is 6.18. The molecule has 1 aromatic carbocycles. The first-order chi connectivity index (χ1) is 13.0. The molecule has 0 N–H and O–H groups in total. The predicted octanol–water partition coefficient (Wildman–Crippen LogP) is 6.29. The van der Waals surface area contributed by atoms with Crippen LogP contribution in [0.3, 0.4) is 0 Å². The molecule has 1 heterocycles. The number of nitrogens with zero attached hydrogens (tertiary/aromatic N) is 1. The van der Waals surface area contributed by atoms with E-state index in [9.17, 15) is 0 Å². The summed E-state index contributed by atoms with van der Waals surface area (Å²) in [6.07, 6.45) is 8.43. The minimum absolute atomic E-state index is 0.568. The third kappa shape index (κ3) is 5.01. The van der Waals surface area contributed by atoms with Gasteiger partial charge >= 0.3 is 0 Å². The second-order valence-corrected chi connectivity index (χ2v) is 8.98. The molecule has 3 atom stereocenters. The molecule has 1 fully saturated rings. The first-order valence-corrected chi connectivity index (χ1v) is 11.3. The maximum absolute atomic E-state index is 6.18. The molecule has 3 rings (SSSR count). The molecular weight excluding hydrogens is 374 g/mol. The van der Waals surface area contributed by atoms with Crippen LogP contribution in [0.2, 0.25) is 0 Å². The normalized spacial score (nSPS) is 26.3. The molecule has 146 valence electrons. The van der Waals surface area contributed by atoms with Crippen LogP contribution in [0, 0.1) is 5.92 Å². The Balaban J connectivity index is 1.56. The standard InChI is InChI=1S/C23H30ClNOS/c1-5-19-13-20(6-11-23(19)17(3)24)25-14-18(12-16(25)2)15-26-21-7-9-22(27-4)10-8-21/h5,7-10,16,18,20H,1,3,6,11-15H2,2,4H3. The minimum Gasteiger partial charge on any atom is -0.493 e. The Morgan fingerprint density at radius 3 is 2.74 bits per heavy atom. The topological polar surface area (TPSA) is 12.5 Å². The van der Waals surface area contributed by atoms with Gasteiger partial charge in [-0.15, -0.1) is 11.8 Å². The summed E-state index contributed by atoms with van der Waals surface area (Å²) in [6, 6.07) is 9.55. The first-order valence-electron chi connectivity index (χ1n) is 9.73. The summed E-state index contributed by atoms with van der Waals surface area (Å²) >= 11 is 7.93. The average Bonchev–Trinajstić information content (AvgIpc) is 3.06. The number of hydrogen-bond donors (Lipinski definition) is 0. The Bertz CT molecular complexity index is 712. The Hall–Kier alpha value is -1.16. The minimum atomic E-state index is 0.568. The lowest BCUT2D eigenvalue weighted by Crippen LogP contribution is -2.39. The summed E-state index contributed by atoms with van der Waals surface area (Å²) in [6.45, 7) is 12.2. The molecule has 1 aliphatic carbocycles. The summed E-state index contributed by atoms with van der Waals surface area (Å²) < 4.78 is 6.07. The summed E-state index contributed by atoms with van der Waals surface area (Å²) in [5.41, 5.74) is 2.47. The van der Waals surface area contributed by atoms with E-state index in [2.05, 4.69) is 55.5 Å². The molecule has 0 aromatic heterocycles. The fourth-order valence-corrected chi connectivity index (χ4v) is 5.06. The van der Waals surface area contributed by atoms with Gasteiger partial charge in [0, 0.05) is 34.5 Å². The Morgan fingerprint density at radius 1 is 1.37 bits per heavy atom. The monoisotopic (exact) mass is 403 g/mol. The van der Waals surface area contributed by atoms with Gasteiger partial charge in [-0.3, -0.25) is 4.90 Å². The highest BCUT2D eigenvalue weighted by atomic mass is 35.5. The second kappa shape index (κ2) is 9.36. The van der Waals surface area contributed by atoms with Crippen LogP contribution in [-0.4, -0.2) is 36.4 Å². The van der Waals surface area contributed by atoms with Crippen molar-refractivity contribution in [2.45, 2.75) is 49.6 Å². The van der Waals surface area contributed by atoms with E-state index in [-0.39, 0.29) is 0 Å². The van der Waals surface area contributed by atoms with Crippen molar-refractivity contribution in [3.8, 4) is 5.75 Å². The van der Waals surface area contributed by atoms with E-state index < -0.39 is 0 Å². The summed E-state index contributed by atoms with van der Waals surface area (Å²) in [5, 5.41) is 0.677. The van der Waals surface area contributed by atoms with Crippen LogP contribution < -0.4 is 4.74 Å². The third-order valence-corrected chi connectivity index (χ3v) is 6.84. The number of thioether (sulfide) groups is 1. The van der Waals surface area contributed by atoms with Crippen LogP contribution >= 0.6 is 23.4 Å². The van der Waals surface area contributed by atoms with Crippen molar-refractivity contribution in [2.24, 2.45) is 5.92 Å². The highest BCUT2D eigenvalue weighted by Crippen LogP contribution is 2.37. The molecule has 4 heteroatoms. The quantitative estimate of drug-likeness (QED) is 0.496. The molecule has 1 aliphatic heterocycles. The van der Waals surface area contributed by atoms with Gasteiger partial charge < -0.3 is 4.74 Å². The predicted molar refractivity (Wildman–Crippen MR) is 118 cm³/mol. The van der Waals surface area contributed by atoms with E-state index in [0.29, 0.717) is 23.0 Å². The summed E-state index contributed by atoms with van der Waals surface area (Å²) in [5.74, 6) is 1.56. The summed E-state index contributed by atoms with van der Waals surface area (Å²) in [7, 11) is 0. The van der Waals surface area contributed by atoms with E-state index in [1.807, 2.05) is 6.08 Å². The third-order valence-electron chi connectivity index (χ3n) is 5.87. The lowest BCUT2D eigenvalue weighted by molar-refractivity contribution is 0.165. The van der Waals surface area contributed by atoms with Gasteiger partial charge in [-0.2, -0.15) is 0 Å². The van der Waals surface area contributed by atoms with Crippen LogP contribution in [-0.2, 0) is 0 Å². The average molecular weight is 404 g/mol. The molecule has 1 aromatic rings. The van der Waals surface area contributed by atoms with Gasteiger partial charge in [0.1, 0.15) is 5.75 Å². The number of allylic oxidation sites excluding steroid dienone is 3. The van der Waals surface area contributed by atoms with E-state index in [4.69, 9.17) is 16.3 Å². The molecule has 0 saturated carbocycles. The van der Waals surface area contributed by atoms with Crippen LogP contribution in [0.4, 0.5) is 0 Å². The van der Waals surface area contributed by atoms with Crippen LogP contribution in [0.5, 0.6) is 5.75 Å². The second-order valence-electron chi connectivity index (χ2n) is 7.64. The lowest BCUT2D eigenvalue weighted by atomic mass is 9.87. The number of likely N-dealkylation sites (tertiary alicyclic amines) is 1. The number of rotatable bonds is 7. The van der Waals surface area contributed by atoms with Crippen molar-refractivity contribution in [1.82, 2.24) is 4.90 Å². The van der Waals surface area contributed by atoms with Gasteiger partial charge in [-0.25, -0.2) is 0 Å². The van der Waals surface area contributed by atoms with Crippen molar-refractivity contribution in [3.05, 3.63) is 59.7 Å². The molecule has 2 nitrogen and oxygen atoms in total. The molecule has 0 bridgehead atoms. The molecule has 0 spiro atoms. The van der Waals surface area contributed by atoms with Crippen molar-refractivity contribution in [3.63, 3.8) is 0 Å². The molecule has 0 radical (unpaired) electrons. The van der Waals surface area contributed by atoms with Crippen molar-refractivity contribution >= 4 is 23.4 Å². The van der Waals surface area contributed by atoms with Crippen LogP contribution in [0.15, 0.2) is 64.6 Å². The zero-order chi connectivity index (χ0) is 19.4. The van der Waals surface area contributed by atoms with Gasteiger partial charge in [0.2, 0.25) is 0 Å². The Morgan fingerprint density at radius 2 is 2.11 bits per heavy atom. The van der Waals surface area contributed by atoms with Crippen molar-refractivity contribution in [2.75, 3.05) is 19.4 Å². The smallest absolute Gasteiger partial charge is 0.119 e. The highest BCUT2D eigenvalue weighted by molar-refractivity contribution is 7.98. The molecule has 3 unspecified atom stereocenters.